The molecule has 1 saturated carbocycles. The fourth-order valence-electron chi connectivity index (χ4n) is 2.40. The highest BCUT2D eigenvalue weighted by molar-refractivity contribution is 5.71. The number of nitrogens with one attached hydrogen (secondary N) is 1. The Morgan fingerprint density at radius 2 is 1.85 bits per heavy atom. The van der Waals surface area contributed by atoms with Crippen LogP contribution in [-0.2, 0) is 6.54 Å². The van der Waals surface area contributed by atoms with Crippen LogP contribution in [0.5, 0.6) is 5.75 Å². The largest absolute Gasteiger partial charge is 0.496 e. The Hall–Kier alpha value is -1.80. The maximum Gasteiger partial charge on any atom is 0.126 e. The number of hydrogen-bond donors (Lipinski definition) is 1. The zero-order valence-corrected chi connectivity index (χ0v) is 12.1. The highest BCUT2D eigenvalue weighted by Crippen LogP contribution is 2.31. The van der Waals surface area contributed by atoms with Gasteiger partial charge in [-0.3, -0.25) is 0 Å². The molecule has 3 rings (SSSR count). The van der Waals surface area contributed by atoms with E-state index in [9.17, 15) is 0 Å². The first-order valence-electron chi connectivity index (χ1n) is 7.23. The van der Waals surface area contributed by atoms with E-state index in [4.69, 9.17) is 4.74 Å². The monoisotopic (exact) mass is 267 g/mol. The molecule has 0 saturated heterocycles. The Kier molecular flexibility index (Phi) is 3.75. The molecule has 1 fully saturated rings. The second-order valence-corrected chi connectivity index (χ2v) is 5.56. The van der Waals surface area contributed by atoms with Crippen LogP contribution in [0.3, 0.4) is 0 Å². The van der Waals surface area contributed by atoms with Gasteiger partial charge in [0, 0.05) is 18.2 Å². The van der Waals surface area contributed by atoms with Crippen LogP contribution in [0.4, 0.5) is 0 Å². The molecule has 0 atom stereocenters. The lowest BCUT2D eigenvalue weighted by molar-refractivity contribution is 0.416. The van der Waals surface area contributed by atoms with Crippen molar-refractivity contribution in [3.8, 4) is 16.9 Å². The van der Waals surface area contributed by atoms with Crippen molar-refractivity contribution in [1.82, 2.24) is 5.32 Å². The van der Waals surface area contributed by atoms with Gasteiger partial charge in [-0.05, 0) is 43.0 Å². The van der Waals surface area contributed by atoms with Crippen molar-refractivity contribution < 1.29 is 4.74 Å². The Balaban J connectivity index is 1.80. The molecule has 0 aliphatic heterocycles. The fraction of sp³-hybridized carbons (Fsp3) is 0.333. The molecular formula is C18H21NO. The number of methoxy groups -OCH3 is 1. The smallest absolute Gasteiger partial charge is 0.126 e. The lowest BCUT2D eigenvalue weighted by atomic mass is 10.0. The molecule has 0 bridgehead atoms. The summed E-state index contributed by atoms with van der Waals surface area (Å²) in [5.41, 5.74) is 4.96. The van der Waals surface area contributed by atoms with E-state index in [1.54, 1.807) is 7.11 Å². The van der Waals surface area contributed by atoms with Gasteiger partial charge in [-0.1, -0.05) is 35.9 Å². The molecule has 1 aliphatic rings. The molecule has 2 aromatic rings. The van der Waals surface area contributed by atoms with Gasteiger partial charge in [-0.15, -0.1) is 0 Å². The summed E-state index contributed by atoms with van der Waals surface area (Å²) in [5.74, 6) is 0.930. The van der Waals surface area contributed by atoms with E-state index in [-0.39, 0.29) is 0 Å². The highest BCUT2D eigenvalue weighted by atomic mass is 16.5. The SMILES string of the molecule is COc1ccc(C)cc1-c1ccc(CNC2CC2)cc1. The quantitative estimate of drug-likeness (QED) is 0.886. The van der Waals surface area contributed by atoms with E-state index in [1.165, 1.54) is 29.5 Å². The lowest BCUT2D eigenvalue weighted by Crippen LogP contribution is -2.14. The molecule has 0 heterocycles. The summed E-state index contributed by atoms with van der Waals surface area (Å²) in [6.07, 6.45) is 2.66. The van der Waals surface area contributed by atoms with Crippen molar-refractivity contribution in [2.24, 2.45) is 0 Å². The first-order valence-corrected chi connectivity index (χ1v) is 7.23. The first kappa shape index (κ1) is 13.2. The molecule has 1 aliphatic carbocycles. The molecule has 0 radical (unpaired) electrons. The van der Waals surface area contributed by atoms with Gasteiger partial charge in [0.1, 0.15) is 5.75 Å². The summed E-state index contributed by atoms with van der Waals surface area (Å²) in [4.78, 5) is 0. The Bertz CT molecular complexity index is 585. The maximum atomic E-state index is 5.46. The summed E-state index contributed by atoms with van der Waals surface area (Å²) >= 11 is 0. The Morgan fingerprint density at radius 3 is 2.50 bits per heavy atom. The summed E-state index contributed by atoms with van der Waals surface area (Å²) in [6.45, 7) is 3.08. The minimum atomic E-state index is 0.756. The van der Waals surface area contributed by atoms with Gasteiger partial charge in [-0.2, -0.15) is 0 Å². The summed E-state index contributed by atoms with van der Waals surface area (Å²) < 4.78 is 5.46. The number of benzene rings is 2. The summed E-state index contributed by atoms with van der Waals surface area (Å²) in [6, 6.07) is 15.8. The van der Waals surface area contributed by atoms with Crippen molar-refractivity contribution in [2.75, 3.05) is 7.11 Å². The van der Waals surface area contributed by atoms with Crippen molar-refractivity contribution in [2.45, 2.75) is 32.4 Å². The first-order chi connectivity index (χ1) is 9.76. The van der Waals surface area contributed by atoms with E-state index in [0.29, 0.717) is 0 Å². The minimum Gasteiger partial charge on any atom is -0.496 e. The van der Waals surface area contributed by atoms with E-state index >= 15 is 0 Å². The normalized spacial score (nSPS) is 14.3. The number of aryl methyl sites for hydroxylation is 1. The molecule has 20 heavy (non-hydrogen) atoms. The third kappa shape index (κ3) is 3.02. The second kappa shape index (κ2) is 5.68. The van der Waals surface area contributed by atoms with Crippen LogP contribution >= 0.6 is 0 Å². The zero-order valence-electron chi connectivity index (χ0n) is 12.1. The van der Waals surface area contributed by atoms with Crippen LogP contribution in [0.25, 0.3) is 11.1 Å². The third-order valence-electron chi connectivity index (χ3n) is 3.79. The highest BCUT2D eigenvalue weighted by Gasteiger charge is 2.19. The number of ether oxygens (including phenoxy) is 1. The second-order valence-electron chi connectivity index (χ2n) is 5.56. The van der Waals surface area contributed by atoms with Gasteiger partial charge in [-0.25, -0.2) is 0 Å². The molecule has 2 nitrogen and oxygen atoms in total. The topological polar surface area (TPSA) is 21.3 Å². The van der Waals surface area contributed by atoms with Crippen molar-refractivity contribution in [3.05, 3.63) is 53.6 Å². The zero-order chi connectivity index (χ0) is 13.9. The number of rotatable bonds is 5. The number of hydrogen-bond acceptors (Lipinski definition) is 2. The van der Waals surface area contributed by atoms with Crippen molar-refractivity contribution in [1.29, 1.82) is 0 Å². The van der Waals surface area contributed by atoms with Gasteiger partial charge in [0.25, 0.3) is 0 Å². The molecule has 0 aromatic heterocycles. The molecule has 2 heteroatoms. The molecule has 0 amide bonds. The molecular weight excluding hydrogens is 246 g/mol. The maximum absolute atomic E-state index is 5.46. The average molecular weight is 267 g/mol. The van der Waals surface area contributed by atoms with Gasteiger partial charge in [0.05, 0.1) is 7.11 Å². The van der Waals surface area contributed by atoms with E-state index in [0.717, 1.165) is 23.9 Å². The van der Waals surface area contributed by atoms with Crippen LogP contribution in [-0.4, -0.2) is 13.2 Å². The molecule has 0 unspecified atom stereocenters. The van der Waals surface area contributed by atoms with Crippen LogP contribution in [0, 0.1) is 6.92 Å². The fourth-order valence-corrected chi connectivity index (χ4v) is 2.40. The van der Waals surface area contributed by atoms with Crippen molar-refractivity contribution in [3.63, 3.8) is 0 Å². The van der Waals surface area contributed by atoms with Crippen LogP contribution in [0.15, 0.2) is 42.5 Å². The molecule has 2 aromatic carbocycles. The molecule has 0 spiro atoms. The Labute approximate surface area is 120 Å². The summed E-state index contributed by atoms with van der Waals surface area (Å²) in [5, 5.41) is 3.54. The van der Waals surface area contributed by atoms with Crippen LogP contribution in [0.1, 0.15) is 24.0 Å². The molecule has 104 valence electrons. The van der Waals surface area contributed by atoms with Crippen LogP contribution in [0.2, 0.25) is 0 Å². The minimum absolute atomic E-state index is 0.756. The van der Waals surface area contributed by atoms with Crippen molar-refractivity contribution >= 4 is 0 Å². The third-order valence-corrected chi connectivity index (χ3v) is 3.79. The van der Waals surface area contributed by atoms with E-state index in [2.05, 4.69) is 48.6 Å². The predicted molar refractivity (Wildman–Crippen MR) is 83.0 cm³/mol. The van der Waals surface area contributed by atoms with Gasteiger partial charge >= 0.3 is 0 Å². The van der Waals surface area contributed by atoms with Gasteiger partial charge < -0.3 is 10.1 Å². The van der Waals surface area contributed by atoms with Crippen LogP contribution < -0.4 is 10.1 Å². The standard InChI is InChI=1S/C18H21NO/c1-13-3-10-18(20-2)17(11-13)15-6-4-14(5-7-15)12-19-16-8-9-16/h3-7,10-11,16,19H,8-9,12H2,1-2H3. The van der Waals surface area contributed by atoms with Gasteiger partial charge in [0.2, 0.25) is 0 Å². The summed E-state index contributed by atoms with van der Waals surface area (Å²) in [7, 11) is 1.72. The van der Waals surface area contributed by atoms with E-state index in [1.807, 2.05) is 6.07 Å². The Morgan fingerprint density at radius 1 is 1.10 bits per heavy atom. The predicted octanol–water partition coefficient (Wildman–Crippen LogP) is 3.92. The average Bonchev–Trinajstić information content (AvgIpc) is 3.30. The lowest BCUT2D eigenvalue weighted by Gasteiger charge is -2.10. The van der Waals surface area contributed by atoms with Gasteiger partial charge in [0.15, 0.2) is 0 Å². The molecule has 1 N–H and O–H groups in total. The van der Waals surface area contributed by atoms with E-state index < -0.39 is 0 Å².